The number of carbonyl (C=O) groups is 1. The van der Waals surface area contributed by atoms with Crippen molar-refractivity contribution in [3.63, 3.8) is 0 Å². The van der Waals surface area contributed by atoms with Gasteiger partial charge in [0.15, 0.2) is 0 Å². The minimum Gasteiger partial charge on any atom is -0.352 e. The van der Waals surface area contributed by atoms with Gasteiger partial charge in [0.1, 0.15) is 5.82 Å². The summed E-state index contributed by atoms with van der Waals surface area (Å²) in [6.45, 7) is 2.20. The summed E-state index contributed by atoms with van der Waals surface area (Å²) < 4.78 is 13.7. The Morgan fingerprint density at radius 1 is 1.20 bits per heavy atom. The van der Waals surface area contributed by atoms with E-state index >= 15 is 0 Å². The first-order valence-electron chi connectivity index (χ1n) is 7.97. The number of aromatic nitrogens is 4. The molecule has 0 aliphatic heterocycles. The van der Waals surface area contributed by atoms with Crippen LogP contribution >= 0.6 is 0 Å². The van der Waals surface area contributed by atoms with E-state index in [1.165, 1.54) is 6.07 Å². The van der Waals surface area contributed by atoms with E-state index in [1.54, 1.807) is 25.1 Å². The van der Waals surface area contributed by atoms with E-state index in [1.807, 2.05) is 24.3 Å². The highest BCUT2D eigenvalue weighted by Gasteiger charge is 2.15. The van der Waals surface area contributed by atoms with Crippen molar-refractivity contribution < 1.29 is 9.18 Å². The Balaban J connectivity index is 1.54. The smallest absolute Gasteiger partial charge is 0.223 e. The summed E-state index contributed by atoms with van der Waals surface area (Å²) in [5.74, 6) is -0.172. The second kappa shape index (κ2) is 7.65. The van der Waals surface area contributed by atoms with Crippen molar-refractivity contribution in [3.05, 3.63) is 65.5 Å². The molecule has 0 aliphatic carbocycles. The number of tetrazole rings is 1. The standard InChI is InChI=1S/C18H18FN5O/c1-12(10-15-4-2-3-5-16(15)19)18(25)20-11-13-6-8-14(9-7-13)17-21-23-24-22-17/h2-9,12H,10-11H2,1H3,(H,20,25)(H,21,22,23,24). The van der Waals surface area contributed by atoms with Gasteiger partial charge in [0.05, 0.1) is 0 Å². The van der Waals surface area contributed by atoms with Crippen LogP contribution in [-0.2, 0) is 17.8 Å². The molecule has 6 nitrogen and oxygen atoms in total. The van der Waals surface area contributed by atoms with Gasteiger partial charge < -0.3 is 5.32 Å². The molecule has 3 rings (SSSR count). The SMILES string of the molecule is CC(Cc1ccccc1F)C(=O)NCc1ccc(-c2nn[nH]n2)cc1. The summed E-state index contributed by atoms with van der Waals surface area (Å²) in [5.41, 5.74) is 2.35. The van der Waals surface area contributed by atoms with Crippen LogP contribution in [0.25, 0.3) is 11.4 Å². The number of halogens is 1. The lowest BCUT2D eigenvalue weighted by Gasteiger charge is -2.13. The minimum atomic E-state index is -0.310. The lowest BCUT2D eigenvalue weighted by atomic mass is 10.00. The maximum Gasteiger partial charge on any atom is 0.223 e. The van der Waals surface area contributed by atoms with E-state index in [0.29, 0.717) is 24.4 Å². The van der Waals surface area contributed by atoms with Gasteiger partial charge in [-0.3, -0.25) is 4.79 Å². The van der Waals surface area contributed by atoms with Crippen LogP contribution in [0.3, 0.4) is 0 Å². The van der Waals surface area contributed by atoms with Crippen molar-refractivity contribution >= 4 is 5.91 Å². The van der Waals surface area contributed by atoms with E-state index in [0.717, 1.165) is 11.1 Å². The lowest BCUT2D eigenvalue weighted by molar-refractivity contribution is -0.124. The monoisotopic (exact) mass is 339 g/mol. The topological polar surface area (TPSA) is 83.6 Å². The molecule has 0 saturated carbocycles. The van der Waals surface area contributed by atoms with E-state index < -0.39 is 0 Å². The lowest BCUT2D eigenvalue weighted by Crippen LogP contribution is -2.30. The number of rotatable bonds is 6. The van der Waals surface area contributed by atoms with E-state index in [2.05, 4.69) is 25.9 Å². The van der Waals surface area contributed by atoms with E-state index in [9.17, 15) is 9.18 Å². The summed E-state index contributed by atoms with van der Waals surface area (Å²) in [6, 6.07) is 14.1. The highest BCUT2D eigenvalue weighted by atomic mass is 19.1. The van der Waals surface area contributed by atoms with Crippen LogP contribution in [0.4, 0.5) is 4.39 Å². The number of amides is 1. The molecule has 0 aliphatic rings. The first-order valence-corrected chi connectivity index (χ1v) is 7.97. The largest absolute Gasteiger partial charge is 0.352 e. The van der Waals surface area contributed by atoms with Crippen molar-refractivity contribution in [1.82, 2.24) is 25.9 Å². The molecule has 1 amide bonds. The van der Waals surface area contributed by atoms with Gasteiger partial charge in [-0.2, -0.15) is 5.21 Å². The van der Waals surface area contributed by atoms with Crippen molar-refractivity contribution in [2.24, 2.45) is 5.92 Å². The van der Waals surface area contributed by atoms with Crippen molar-refractivity contribution in [3.8, 4) is 11.4 Å². The number of benzene rings is 2. The molecule has 25 heavy (non-hydrogen) atoms. The molecule has 0 fully saturated rings. The highest BCUT2D eigenvalue weighted by Crippen LogP contribution is 2.15. The van der Waals surface area contributed by atoms with Crippen LogP contribution in [0.1, 0.15) is 18.1 Å². The summed E-state index contributed by atoms with van der Waals surface area (Å²) in [4.78, 5) is 12.2. The first-order chi connectivity index (χ1) is 12.1. The fourth-order valence-corrected chi connectivity index (χ4v) is 2.51. The van der Waals surface area contributed by atoms with Crippen LogP contribution in [0.15, 0.2) is 48.5 Å². The quantitative estimate of drug-likeness (QED) is 0.723. The Hall–Kier alpha value is -3.09. The maximum absolute atomic E-state index is 13.7. The van der Waals surface area contributed by atoms with Crippen LogP contribution < -0.4 is 5.32 Å². The van der Waals surface area contributed by atoms with Gasteiger partial charge in [0, 0.05) is 18.0 Å². The molecule has 128 valence electrons. The zero-order chi connectivity index (χ0) is 17.6. The normalized spacial score (nSPS) is 11.9. The van der Waals surface area contributed by atoms with Gasteiger partial charge in [-0.1, -0.05) is 49.4 Å². The summed E-state index contributed by atoms with van der Waals surface area (Å²) in [6.07, 6.45) is 0.370. The molecule has 1 heterocycles. The van der Waals surface area contributed by atoms with Gasteiger partial charge in [-0.05, 0) is 28.8 Å². The van der Waals surface area contributed by atoms with E-state index in [4.69, 9.17) is 0 Å². The van der Waals surface area contributed by atoms with Gasteiger partial charge in [-0.25, -0.2) is 4.39 Å². The van der Waals surface area contributed by atoms with Gasteiger partial charge in [-0.15, -0.1) is 10.2 Å². The second-order valence-corrected chi connectivity index (χ2v) is 5.85. The summed E-state index contributed by atoms with van der Waals surface area (Å²) >= 11 is 0. The number of hydrogen-bond donors (Lipinski definition) is 2. The molecule has 3 aromatic rings. The maximum atomic E-state index is 13.7. The zero-order valence-electron chi connectivity index (χ0n) is 13.7. The third kappa shape index (κ3) is 4.26. The summed E-state index contributed by atoms with van der Waals surface area (Å²) in [7, 11) is 0. The summed E-state index contributed by atoms with van der Waals surface area (Å²) in [5, 5.41) is 16.6. The number of nitrogens with zero attached hydrogens (tertiary/aromatic N) is 3. The first kappa shape index (κ1) is 16.8. The molecule has 0 bridgehead atoms. The Labute approximate surface area is 144 Å². The number of hydrogen-bond acceptors (Lipinski definition) is 4. The molecule has 7 heteroatoms. The molecule has 0 saturated heterocycles. The molecule has 1 atom stereocenters. The van der Waals surface area contributed by atoms with Crippen LogP contribution in [-0.4, -0.2) is 26.5 Å². The van der Waals surface area contributed by atoms with Crippen LogP contribution in [0.5, 0.6) is 0 Å². The molecule has 0 radical (unpaired) electrons. The average molecular weight is 339 g/mol. The Morgan fingerprint density at radius 2 is 1.96 bits per heavy atom. The number of carbonyl (C=O) groups excluding carboxylic acids is 1. The molecule has 1 aromatic heterocycles. The molecule has 2 aromatic carbocycles. The zero-order valence-corrected chi connectivity index (χ0v) is 13.7. The fraction of sp³-hybridized carbons (Fsp3) is 0.222. The molecular formula is C18H18FN5O. The predicted octanol–water partition coefficient (Wildman–Crippen LogP) is 2.50. The molecule has 2 N–H and O–H groups in total. The Kier molecular flexibility index (Phi) is 5.13. The fourth-order valence-electron chi connectivity index (χ4n) is 2.51. The Bertz CT molecular complexity index is 833. The predicted molar refractivity (Wildman–Crippen MR) is 90.7 cm³/mol. The third-order valence-electron chi connectivity index (χ3n) is 3.96. The Morgan fingerprint density at radius 3 is 2.64 bits per heavy atom. The molecule has 0 spiro atoms. The van der Waals surface area contributed by atoms with Crippen molar-refractivity contribution in [2.45, 2.75) is 19.9 Å². The average Bonchev–Trinajstić information content (AvgIpc) is 3.16. The second-order valence-electron chi connectivity index (χ2n) is 5.85. The van der Waals surface area contributed by atoms with Crippen LogP contribution in [0, 0.1) is 11.7 Å². The van der Waals surface area contributed by atoms with E-state index in [-0.39, 0.29) is 17.6 Å². The van der Waals surface area contributed by atoms with Crippen LogP contribution in [0.2, 0.25) is 0 Å². The third-order valence-corrected chi connectivity index (χ3v) is 3.96. The van der Waals surface area contributed by atoms with Gasteiger partial charge in [0.2, 0.25) is 11.7 Å². The number of aromatic amines is 1. The highest BCUT2D eigenvalue weighted by molar-refractivity contribution is 5.78. The van der Waals surface area contributed by atoms with Crippen molar-refractivity contribution in [1.29, 1.82) is 0 Å². The molecular weight excluding hydrogens is 321 g/mol. The van der Waals surface area contributed by atoms with Crippen molar-refractivity contribution in [2.75, 3.05) is 0 Å². The molecule has 1 unspecified atom stereocenters. The number of nitrogens with one attached hydrogen (secondary N) is 2. The van der Waals surface area contributed by atoms with Gasteiger partial charge in [0.25, 0.3) is 0 Å². The minimum absolute atomic E-state index is 0.106. The van der Waals surface area contributed by atoms with Gasteiger partial charge >= 0.3 is 0 Å². The number of H-pyrrole nitrogens is 1.